The minimum atomic E-state index is 1.07. The first-order valence-corrected chi connectivity index (χ1v) is 4.65. The highest BCUT2D eigenvalue weighted by Crippen LogP contribution is 2.26. The summed E-state index contributed by atoms with van der Waals surface area (Å²) in [6.45, 7) is 5.96. The van der Waals surface area contributed by atoms with E-state index in [1.54, 1.807) is 11.3 Å². The number of fused-ring (bicyclic) bond motifs is 1. The van der Waals surface area contributed by atoms with Crippen molar-refractivity contribution in [2.75, 3.05) is 0 Å². The minimum Gasteiger partial charge on any atom is -0.245 e. The molecule has 0 N–H and O–H groups in total. The van der Waals surface area contributed by atoms with Crippen molar-refractivity contribution in [3.8, 4) is 0 Å². The molecule has 2 aromatic rings. The number of thiazole rings is 1. The summed E-state index contributed by atoms with van der Waals surface area (Å²) < 4.78 is 1.24. The normalized spacial score (nSPS) is 10.4. The van der Waals surface area contributed by atoms with Crippen LogP contribution in [0.4, 0.5) is 0 Å². The molecule has 0 aliphatic carbocycles. The zero-order valence-electron chi connectivity index (χ0n) is 6.87. The Morgan fingerprint density at radius 3 is 3.08 bits per heavy atom. The molecule has 12 heavy (non-hydrogen) atoms. The molecule has 0 fully saturated rings. The summed E-state index contributed by atoms with van der Waals surface area (Å²) in [7, 11) is 0. The molecule has 2 heteroatoms. The molecule has 1 nitrogen and oxygen atoms in total. The second-order valence-corrected chi connectivity index (χ2v) is 3.64. The van der Waals surface area contributed by atoms with Crippen molar-refractivity contribution in [2.45, 2.75) is 6.92 Å². The Kier molecular flexibility index (Phi) is 1.70. The minimum absolute atomic E-state index is 1.07. The lowest BCUT2D eigenvalue weighted by atomic mass is 10.1. The van der Waals surface area contributed by atoms with E-state index in [4.69, 9.17) is 0 Å². The molecule has 0 atom stereocenters. The fourth-order valence-electron chi connectivity index (χ4n) is 1.22. The van der Waals surface area contributed by atoms with Crippen LogP contribution in [0.2, 0.25) is 0 Å². The Morgan fingerprint density at radius 2 is 2.33 bits per heavy atom. The first kappa shape index (κ1) is 7.50. The molecule has 0 unspecified atom stereocenters. The Morgan fingerprint density at radius 1 is 1.50 bits per heavy atom. The summed E-state index contributed by atoms with van der Waals surface area (Å²) in [5.41, 5.74) is 5.26. The zero-order valence-corrected chi connectivity index (χ0v) is 7.69. The van der Waals surface area contributed by atoms with Gasteiger partial charge in [0.15, 0.2) is 0 Å². The number of hydrogen-bond acceptors (Lipinski definition) is 2. The first-order chi connectivity index (χ1) is 5.79. The lowest BCUT2D eigenvalue weighted by Crippen LogP contribution is -1.77. The van der Waals surface area contributed by atoms with Crippen LogP contribution in [0.15, 0.2) is 30.3 Å². The molecular weight excluding hydrogens is 166 g/mol. The molecule has 0 amide bonds. The predicted molar refractivity (Wildman–Crippen MR) is 54.3 cm³/mol. The van der Waals surface area contributed by atoms with Crippen LogP contribution in [0.5, 0.6) is 0 Å². The summed E-state index contributed by atoms with van der Waals surface area (Å²) in [6.07, 6.45) is 0. The topological polar surface area (TPSA) is 12.9 Å². The molecule has 0 saturated heterocycles. The zero-order chi connectivity index (χ0) is 8.55. The number of benzene rings is 1. The molecule has 0 bridgehead atoms. The molecule has 0 spiro atoms. The standard InChI is InChI=1S/C10H9NS/c1-7(2)8-4-3-5-9-10(8)12-6-11-9/h3-6H,1H2,2H3. The highest BCUT2D eigenvalue weighted by molar-refractivity contribution is 7.17. The van der Waals surface area contributed by atoms with Gasteiger partial charge < -0.3 is 0 Å². The van der Waals surface area contributed by atoms with Gasteiger partial charge in [-0.05, 0) is 24.1 Å². The van der Waals surface area contributed by atoms with Crippen LogP contribution >= 0.6 is 11.3 Å². The lowest BCUT2D eigenvalue weighted by molar-refractivity contribution is 1.49. The summed E-state index contributed by atoms with van der Waals surface area (Å²) >= 11 is 1.67. The van der Waals surface area contributed by atoms with Gasteiger partial charge in [-0.1, -0.05) is 18.7 Å². The van der Waals surface area contributed by atoms with E-state index in [1.165, 1.54) is 10.3 Å². The summed E-state index contributed by atoms with van der Waals surface area (Å²) in [5, 5.41) is 0. The predicted octanol–water partition coefficient (Wildman–Crippen LogP) is 3.33. The van der Waals surface area contributed by atoms with Gasteiger partial charge >= 0.3 is 0 Å². The highest BCUT2D eigenvalue weighted by atomic mass is 32.1. The first-order valence-electron chi connectivity index (χ1n) is 3.77. The van der Waals surface area contributed by atoms with Crippen molar-refractivity contribution in [1.82, 2.24) is 4.98 Å². The van der Waals surface area contributed by atoms with Gasteiger partial charge in [-0.25, -0.2) is 4.98 Å². The van der Waals surface area contributed by atoms with E-state index in [1.807, 2.05) is 24.6 Å². The Balaban J connectivity index is 2.82. The lowest BCUT2D eigenvalue weighted by Gasteiger charge is -1.98. The summed E-state index contributed by atoms with van der Waals surface area (Å²) in [5.74, 6) is 0. The SMILES string of the molecule is C=C(C)c1cccc2ncsc12. The molecule has 2 rings (SSSR count). The quantitative estimate of drug-likeness (QED) is 0.647. The van der Waals surface area contributed by atoms with Gasteiger partial charge in [-0.3, -0.25) is 0 Å². The van der Waals surface area contributed by atoms with Gasteiger partial charge in [0.05, 0.1) is 15.7 Å². The number of allylic oxidation sites excluding steroid dienone is 1. The monoisotopic (exact) mass is 175 g/mol. The molecular formula is C10H9NS. The van der Waals surface area contributed by atoms with Gasteiger partial charge in [0.1, 0.15) is 0 Å². The average molecular weight is 175 g/mol. The van der Waals surface area contributed by atoms with Crippen LogP contribution in [-0.2, 0) is 0 Å². The number of hydrogen-bond donors (Lipinski definition) is 0. The Bertz CT molecular complexity index is 428. The average Bonchev–Trinajstić information content (AvgIpc) is 2.49. The fourth-order valence-corrected chi connectivity index (χ4v) is 2.10. The number of rotatable bonds is 1. The van der Waals surface area contributed by atoms with Crippen LogP contribution in [0.3, 0.4) is 0 Å². The van der Waals surface area contributed by atoms with E-state index < -0.39 is 0 Å². The Hall–Kier alpha value is -1.15. The second kappa shape index (κ2) is 2.72. The number of aromatic nitrogens is 1. The summed E-state index contributed by atoms with van der Waals surface area (Å²) in [6, 6.07) is 6.13. The molecule has 60 valence electrons. The van der Waals surface area contributed by atoms with E-state index in [0.717, 1.165) is 11.1 Å². The van der Waals surface area contributed by atoms with Crippen molar-refractivity contribution < 1.29 is 0 Å². The smallest absolute Gasteiger partial charge is 0.0818 e. The van der Waals surface area contributed by atoms with Crippen molar-refractivity contribution in [3.05, 3.63) is 35.9 Å². The molecule has 1 heterocycles. The second-order valence-electron chi connectivity index (χ2n) is 2.79. The largest absolute Gasteiger partial charge is 0.245 e. The fraction of sp³-hybridized carbons (Fsp3) is 0.100. The molecule has 1 aromatic heterocycles. The molecule has 0 aliphatic rings. The van der Waals surface area contributed by atoms with Crippen LogP contribution in [0.25, 0.3) is 15.8 Å². The van der Waals surface area contributed by atoms with Crippen LogP contribution < -0.4 is 0 Å². The van der Waals surface area contributed by atoms with Gasteiger partial charge in [0.2, 0.25) is 0 Å². The van der Waals surface area contributed by atoms with Crippen LogP contribution in [0.1, 0.15) is 12.5 Å². The van der Waals surface area contributed by atoms with Gasteiger partial charge in [0, 0.05) is 0 Å². The maximum absolute atomic E-state index is 4.24. The number of nitrogens with zero attached hydrogens (tertiary/aromatic N) is 1. The molecule has 1 aromatic carbocycles. The van der Waals surface area contributed by atoms with Crippen molar-refractivity contribution >= 4 is 27.1 Å². The Labute approximate surface area is 75.4 Å². The van der Waals surface area contributed by atoms with E-state index in [9.17, 15) is 0 Å². The maximum atomic E-state index is 4.24. The van der Waals surface area contributed by atoms with Gasteiger partial charge in [-0.2, -0.15) is 0 Å². The van der Waals surface area contributed by atoms with Crippen molar-refractivity contribution in [1.29, 1.82) is 0 Å². The highest BCUT2D eigenvalue weighted by Gasteiger charge is 2.02. The van der Waals surface area contributed by atoms with E-state index in [0.29, 0.717) is 0 Å². The van der Waals surface area contributed by atoms with E-state index >= 15 is 0 Å². The third kappa shape index (κ3) is 1.04. The van der Waals surface area contributed by atoms with E-state index in [2.05, 4.69) is 17.6 Å². The molecule has 0 saturated carbocycles. The molecule has 0 aliphatic heterocycles. The molecule has 0 radical (unpaired) electrons. The van der Waals surface area contributed by atoms with Crippen molar-refractivity contribution in [3.63, 3.8) is 0 Å². The van der Waals surface area contributed by atoms with Gasteiger partial charge in [0.25, 0.3) is 0 Å². The van der Waals surface area contributed by atoms with Crippen LogP contribution in [0, 0.1) is 0 Å². The van der Waals surface area contributed by atoms with Gasteiger partial charge in [-0.15, -0.1) is 11.3 Å². The third-order valence-electron chi connectivity index (χ3n) is 1.82. The van der Waals surface area contributed by atoms with E-state index in [-0.39, 0.29) is 0 Å². The third-order valence-corrected chi connectivity index (χ3v) is 2.69. The summed E-state index contributed by atoms with van der Waals surface area (Å²) in [4.78, 5) is 4.24. The van der Waals surface area contributed by atoms with Crippen molar-refractivity contribution in [2.24, 2.45) is 0 Å². The van der Waals surface area contributed by atoms with Crippen LogP contribution in [-0.4, -0.2) is 4.98 Å². The maximum Gasteiger partial charge on any atom is 0.0818 e.